The quantitative estimate of drug-likeness (QED) is 0.468. The van der Waals surface area contributed by atoms with Crippen molar-refractivity contribution in [3.63, 3.8) is 0 Å². The molecule has 6 heteroatoms. The number of halogens is 2. The number of hydrogen-bond acceptors (Lipinski definition) is 2. The minimum atomic E-state index is 0. The van der Waals surface area contributed by atoms with Crippen LogP contribution in [-0.2, 0) is 0 Å². The van der Waals surface area contributed by atoms with Gasteiger partial charge in [0.25, 0.3) is 0 Å². The second-order valence-corrected chi connectivity index (χ2v) is 5.02. The van der Waals surface area contributed by atoms with Gasteiger partial charge in [-0.2, -0.15) is 0 Å². The van der Waals surface area contributed by atoms with Crippen LogP contribution in [0, 0.1) is 5.92 Å². The van der Waals surface area contributed by atoms with Gasteiger partial charge in [0.05, 0.1) is 18.2 Å². The van der Waals surface area contributed by atoms with E-state index in [1.165, 1.54) is 6.42 Å². The second-order valence-electron chi connectivity index (χ2n) is 4.61. The van der Waals surface area contributed by atoms with E-state index in [9.17, 15) is 0 Å². The third-order valence-corrected chi connectivity index (χ3v) is 3.60. The van der Waals surface area contributed by atoms with Crippen molar-refractivity contribution in [2.45, 2.75) is 25.8 Å². The van der Waals surface area contributed by atoms with Crippen molar-refractivity contribution in [3.8, 4) is 5.75 Å². The molecule has 1 aliphatic rings. The molecule has 2 rings (SSSR count). The van der Waals surface area contributed by atoms with Gasteiger partial charge in [-0.1, -0.05) is 18.5 Å². The lowest BCUT2D eigenvalue weighted by molar-refractivity contribution is 0.284. The monoisotopic (exact) mass is 395 g/mol. The van der Waals surface area contributed by atoms with Crippen LogP contribution in [0.3, 0.4) is 0 Å². The molecule has 1 saturated carbocycles. The molecule has 0 saturated heterocycles. The second kappa shape index (κ2) is 7.19. The number of hydrogen-bond donors (Lipinski definition) is 2. The summed E-state index contributed by atoms with van der Waals surface area (Å²) in [5.74, 6) is 1.71. The minimum Gasteiger partial charge on any atom is -0.495 e. The van der Waals surface area contributed by atoms with E-state index in [0.29, 0.717) is 28.7 Å². The van der Waals surface area contributed by atoms with Crippen molar-refractivity contribution >= 4 is 47.2 Å². The summed E-state index contributed by atoms with van der Waals surface area (Å²) in [6.07, 6.45) is 2.35. The Balaban J connectivity index is 0.00000180. The molecule has 1 fully saturated rings. The first-order valence-corrected chi connectivity index (χ1v) is 6.42. The molecule has 0 heterocycles. The highest BCUT2D eigenvalue weighted by molar-refractivity contribution is 14.0. The van der Waals surface area contributed by atoms with Gasteiger partial charge in [-0.05, 0) is 37.0 Å². The zero-order chi connectivity index (χ0) is 13.1. The lowest BCUT2D eigenvalue weighted by Crippen LogP contribution is -2.32. The molecule has 0 spiro atoms. The Morgan fingerprint density at radius 3 is 2.68 bits per heavy atom. The Labute approximate surface area is 135 Å². The first kappa shape index (κ1) is 16.4. The maximum atomic E-state index is 6.03. The highest BCUT2D eigenvalue weighted by Gasteiger charge is 2.26. The molecule has 2 atom stereocenters. The smallest absolute Gasteiger partial charge is 0.193 e. The topological polar surface area (TPSA) is 59.6 Å². The number of benzene rings is 1. The number of guanidine groups is 1. The van der Waals surface area contributed by atoms with Gasteiger partial charge in [0.2, 0.25) is 0 Å². The van der Waals surface area contributed by atoms with Crippen molar-refractivity contribution in [3.05, 3.63) is 23.2 Å². The van der Waals surface area contributed by atoms with Gasteiger partial charge < -0.3 is 15.8 Å². The Hall–Kier alpha value is -0.690. The van der Waals surface area contributed by atoms with E-state index in [0.717, 1.165) is 12.1 Å². The van der Waals surface area contributed by atoms with Crippen LogP contribution in [0.5, 0.6) is 5.75 Å². The van der Waals surface area contributed by atoms with Crippen molar-refractivity contribution in [2.75, 3.05) is 12.4 Å². The van der Waals surface area contributed by atoms with Gasteiger partial charge in [-0.3, -0.25) is 0 Å². The van der Waals surface area contributed by atoms with E-state index in [-0.39, 0.29) is 24.0 Å². The van der Waals surface area contributed by atoms with Gasteiger partial charge >= 0.3 is 0 Å². The zero-order valence-corrected chi connectivity index (χ0v) is 14.1. The van der Waals surface area contributed by atoms with E-state index >= 15 is 0 Å². The summed E-state index contributed by atoms with van der Waals surface area (Å²) >= 11 is 6.03. The largest absolute Gasteiger partial charge is 0.495 e. The van der Waals surface area contributed by atoms with E-state index in [4.69, 9.17) is 22.1 Å². The SMILES string of the molecule is COc1ccc(NC(N)=NC2CCC2C)cc1Cl.I. The predicted octanol–water partition coefficient (Wildman–Crippen LogP) is 3.49. The summed E-state index contributed by atoms with van der Waals surface area (Å²) in [7, 11) is 1.59. The van der Waals surface area contributed by atoms with Crippen molar-refractivity contribution in [1.82, 2.24) is 0 Å². The summed E-state index contributed by atoms with van der Waals surface area (Å²) in [4.78, 5) is 4.44. The number of nitrogens with one attached hydrogen (secondary N) is 1. The highest BCUT2D eigenvalue weighted by atomic mass is 127. The maximum Gasteiger partial charge on any atom is 0.193 e. The molecular formula is C13H19ClIN3O. The third kappa shape index (κ3) is 4.14. The van der Waals surface area contributed by atoms with E-state index < -0.39 is 0 Å². The first-order chi connectivity index (χ1) is 8.60. The van der Waals surface area contributed by atoms with Crippen LogP contribution in [0.2, 0.25) is 5.02 Å². The molecule has 19 heavy (non-hydrogen) atoms. The number of nitrogens with two attached hydrogens (primary N) is 1. The van der Waals surface area contributed by atoms with Crippen molar-refractivity contribution < 1.29 is 4.74 Å². The van der Waals surface area contributed by atoms with Crippen molar-refractivity contribution in [1.29, 1.82) is 0 Å². The molecule has 0 radical (unpaired) electrons. The van der Waals surface area contributed by atoms with Crippen LogP contribution >= 0.6 is 35.6 Å². The average Bonchev–Trinajstić information content (AvgIpc) is 2.34. The Morgan fingerprint density at radius 1 is 1.47 bits per heavy atom. The molecule has 0 aromatic heterocycles. The summed E-state index contributed by atoms with van der Waals surface area (Å²) in [5.41, 5.74) is 6.68. The third-order valence-electron chi connectivity index (χ3n) is 3.30. The Morgan fingerprint density at radius 2 is 2.21 bits per heavy atom. The fraction of sp³-hybridized carbons (Fsp3) is 0.462. The van der Waals surface area contributed by atoms with Crippen LogP contribution in [-0.4, -0.2) is 19.1 Å². The number of ether oxygens (including phenoxy) is 1. The van der Waals surface area contributed by atoms with Crippen LogP contribution in [0.1, 0.15) is 19.8 Å². The number of nitrogens with zero attached hydrogens (tertiary/aromatic N) is 1. The highest BCUT2D eigenvalue weighted by Crippen LogP contribution is 2.30. The molecule has 3 N–H and O–H groups in total. The summed E-state index contributed by atoms with van der Waals surface area (Å²) in [5, 5.41) is 3.59. The van der Waals surface area contributed by atoms with E-state index in [1.54, 1.807) is 19.2 Å². The van der Waals surface area contributed by atoms with Crippen LogP contribution in [0.25, 0.3) is 0 Å². The fourth-order valence-corrected chi connectivity index (χ4v) is 2.20. The minimum absolute atomic E-state index is 0. The Bertz CT molecular complexity index is 467. The molecule has 2 unspecified atom stereocenters. The standard InChI is InChI=1S/C13H18ClN3O.HI/c1-8-3-5-11(8)17-13(15)16-9-4-6-12(18-2)10(14)7-9;/h4,6-8,11H,3,5H2,1-2H3,(H3,15,16,17);1H. The van der Waals surface area contributed by atoms with Gasteiger partial charge in [0, 0.05) is 5.69 Å². The predicted molar refractivity (Wildman–Crippen MR) is 90.9 cm³/mol. The first-order valence-electron chi connectivity index (χ1n) is 6.04. The molecule has 1 aromatic carbocycles. The molecule has 1 aliphatic carbocycles. The molecule has 0 bridgehead atoms. The molecule has 1 aromatic rings. The van der Waals surface area contributed by atoms with Gasteiger partial charge in [-0.15, -0.1) is 24.0 Å². The molecular weight excluding hydrogens is 377 g/mol. The summed E-state index contributed by atoms with van der Waals surface area (Å²) in [6.45, 7) is 2.19. The fourth-order valence-electron chi connectivity index (χ4n) is 1.94. The molecule has 0 amide bonds. The number of rotatable bonds is 3. The lowest BCUT2D eigenvalue weighted by atomic mass is 9.82. The summed E-state index contributed by atoms with van der Waals surface area (Å²) in [6, 6.07) is 5.78. The summed E-state index contributed by atoms with van der Waals surface area (Å²) < 4.78 is 5.09. The Kier molecular flexibility index (Phi) is 6.19. The van der Waals surface area contributed by atoms with E-state index in [1.807, 2.05) is 6.07 Å². The molecule has 0 aliphatic heterocycles. The van der Waals surface area contributed by atoms with Crippen LogP contribution < -0.4 is 15.8 Å². The van der Waals surface area contributed by atoms with E-state index in [2.05, 4.69) is 17.2 Å². The molecule has 106 valence electrons. The number of methoxy groups -OCH3 is 1. The number of anilines is 1. The average molecular weight is 396 g/mol. The normalized spacial score (nSPS) is 22.2. The van der Waals surface area contributed by atoms with Crippen molar-refractivity contribution in [2.24, 2.45) is 16.6 Å². The van der Waals surface area contributed by atoms with Gasteiger partial charge in [0.1, 0.15) is 5.75 Å². The van der Waals surface area contributed by atoms with Crippen LogP contribution in [0.4, 0.5) is 5.69 Å². The lowest BCUT2D eigenvalue weighted by Gasteiger charge is -2.30. The molecule has 4 nitrogen and oxygen atoms in total. The number of aliphatic imine (C=N–C) groups is 1. The van der Waals surface area contributed by atoms with Crippen LogP contribution in [0.15, 0.2) is 23.2 Å². The maximum absolute atomic E-state index is 6.03. The van der Waals surface area contributed by atoms with Gasteiger partial charge in [-0.25, -0.2) is 4.99 Å². The van der Waals surface area contributed by atoms with Gasteiger partial charge in [0.15, 0.2) is 5.96 Å². The zero-order valence-electron chi connectivity index (χ0n) is 11.0.